The van der Waals surface area contributed by atoms with Gasteiger partial charge >= 0.3 is 5.97 Å². The molecule has 0 heterocycles. The molecule has 0 saturated heterocycles. The summed E-state index contributed by atoms with van der Waals surface area (Å²) in [4.78, 5) is 11.0. The topological polar surface area (TPSA) is 55.8 Å². The highest BCUT2D eigenvalue weighted by molar-refractivity contribution is 5.81. The van der Waals surface area contributed by atoms with Gasteiger partial charge in [-0.15, -0.1) is 0 Å². The molecule has 1 N–H and O–H groups in total. The molecule has 0 saturated carbocycles. The summed E-state index contributed by atoms with van der Waals surface area (Å²) in [7, 11) is 0. The predicted molar refractivity (Wildman–Crippen MR) is 101 cm³/mol. The molecule has 1 rings (SSSR count). The zero-order chi connectivity index (χ0) is 18.3. The predicted octanol–water partition coefficient (Wildman–Crippen LogP) is 5.40. The number of phenolic OH excluding ortho intramolecular Hbond substituents is 1. The van der Waals surface area contributed by atoms with Crippen molar-refractivity contribution in [1.29, 1.82) is 0 Å². The second-order valence-corrected chi connectivity index (χ2v) is 6.38. The van der Waals surface area contributed by atoms with Crippen molar-refractivity contribution in [1.82, 2.24) is 0 Å². The molecule has 0 spiro atoms. The SMILES string of the molecule is C=CC(=O)OC(C)CCCCCCCCCCOc1ccccc1O. The number of phenols is 1. The van der Waals surface area contributed by atoms with Gasteiger partial charge in [0.05, 0.1) is 12.7 Å². The van der Waals surface area contributed by atoms with Gasteiger partial charge in [-0.2, -0.15) is 0 Å². The Morgan fingerprint density at radius 2 is 1.68 bits per heavy atom. The third-order valence-corrected chi connectivity index (χ3v) is 4.11. The van der Waals surface area contributed by atoms with E-state index >= 15 is 0 Å². The van der Waals surface area contributed by atoms with Crippen LogP contribution in [0.4, 0.5) is 0 Å². The Hall–Kier alpha value is -1.97. The third-order valence-electron chi connectivity index (χ3n) is 4.11. The molecule has 1 aromatic carbocycles. The van der Waals surface area contributed by atoms with Crippen LogP contribution >= 0.6 is 0 Å². The van der Waals surface area contributed by atoms with Crippen LogP contribution in [0.25, 0.3) is 0 Å². The van der Waals surface area contributed by atoms with Gasteiger partial charge in [-0.3, -0.25) is 0 Å². The molecular formula is C21H32O4. The zero-order valence-corrected chi connectivity index (χ0v) is 15.4. The summed E-state index contributed by atoms with van der Waals surface area (Å²) < 4.78 is 10.7. The number of ether oxygens (including phenoxy) is 2. The summed E-state index contributed by atoms with van der Waals surface area (Å²) in [5.74, 6) is 0.436. The average Bonchev–Trinajstić information content (AvgIpc) is 2.60. The second kappa shape index (κ2) is 13.3. The van der Waals surface area contributed by atoms with Crippen LogP contribution in [0, 0.1) is 0 Å². The van der Waals surface area contributed by atoms with E-state index in [0.29, 0.717) is 12.4 Å². The number of aromatic hydroxyl groups is 1. The van der Waals surface area contributed by atoms with Crippen molar-refractivity contribution in [2.45, 2.75) is 70.8 Å². The van der Waals surface area contributed by atoms with Gasteiger partial charge in [0.1, 0.15) is 0 Å². The number of hydrogen-bond donors (Lipinski definition) is 1. The first-order chi connectivity index (χ1) is 12.1. The molecule has 4 nitrogen and oxygen atoms in total. The number of hydrogen-bond acceptors (Lipinski definition) is 4. The molecule has 140 valence electrons. The summed E-state index contributed by atoms with van der Waals surface area (Å²) in [6, 6.07) is 7.07. The summed E-state index contributed by atoms with van der Waals surface area (Å²) >= 11 is 0. The quantitative estimate of drug-likeness (QED) is 0.278. The minimum absolute atomic E-state index is 0.0189. The van der Waals surface area contributed by atoms with Crippen molar-refractivity contribution in [3.8, 4) is 11.5 Å². The van der Waals surface area contributed by atoms with E-state index in [1.807, 2.05) is 13.0 Å². The molecule has 0 aliphatic rings. The molecule has 0 amide bonds. The maximum absolute atomic E-state index is 11.0. The van der Waals surface area contributed by atoms with Gasteiger partial charge < -0.3 is 14.6 Å². The minimum Gasteiger partial charge on any atom is -0.504 e. The van der Waals surface area contributed by atoms with E-state index in [0.717, 1.165) is 25.7 Å². The number of esters is 1. The first-order valence-electron chi connectivity index (χ1n) is 9.37. The van der Waals surface area contributed by atoms with E-state index in [1.165, 1.54) is 38.2 Å². The van der Waals surface area contributed by atoms with E-state index in [1.54, 1.807) is 18.2 Å². The van der Waals surface area contributed by atoms with Crippen LogP contribution in [0.3, 0.4) is 0 Å². The Morgan fingerprint density at radius 3 is 2.32 bits per heavy atom. The van der Waals surface area contributed by atoms with E-state index in [4.69, 9.17) is 9.47 Å². The Balaban J connectivity index is 1.87. The van der Waals surface area contributed by atoms with E-state index < -0.39 is 0 Å². The molecular weight excluding hydrogens is 316 g/mol. The molecule has 0 aliphatic carbocycles. The number of para-hydroxylation sites is 2. The maximum Gasteiger partial charge on any atom is 0.330 e. The molecule has 1 aromatic rings. The van der Waals surface area contributed by atoms with Crippen LogP contribution in [0.15, 0.2) is 36.9 Å². The Labute approximate surface area is 151 Å². The van der Waals surface area contributed by atoms with Crippen molar-refractivity contribution in [2.24, 2.45) is 0 Å². The van der Waals surface area contributed by atoms with Gasteiger partial charge in [0.2, 0.25) is 0 Å². The number of carbonyl (C=O) groups excluding carboxylic acids is 1. The molecule has 0 radical (unpaired) electrons. The molecule has 25 heavy (non-hydrogen) atoms. The molecule has 1 atom stereocenters. The van der Waals surface area contributed by atoms with Crippen molar-refractivity contribution < 1.29 is 19.4 Å². The van der Waals surface area contributed by atoms with Gasteiger partial charge in [-0.25, -0.2) is 4.79 Å². The minimum atomic E-state index is -0.334. The third kappa shape index (κ3) is 10.5. The Bertz CT molecular complexity index is 498. The average molecular weight is 348 g/mol. The second-order valence-electron chi connectivity index (χ2n) is 6.38. The van der Waals surface area contributed by atoms with Crippen molar-refractivity contribution in [3.05, 3.63) is 36.9 Å². The van der Waals surface area contributed by atoms with Crippen molar-refractivity contribution >= 4 is 5.97 Å². The highest BCUT2D eigenvalue weighted by atomic mass is 16.5. The molecule has 0 aliphatic heterocycles. The van der Waals surface area contributed by atoms with Crippen molar-refractivity contribution in [3.63, 3.8) is 0 Å². The number of benzene rings is 1. The normalized spacial score (nSPS) is 11.7. The fourth-order valence-electron chi connectivity index (χ4n) is 2.66. The molecule has 0 bridgehead atoms. The monoisotopic (exact) mass is 348 g/mol. The van der Waals surface area contributed by atoms with Crippen LogP contribution in [-0.4, -0.2) is 23.8 Å². The lowest BCUT2D eigenvalue weighted by Gasteiger charge is -2.11. The fraction of sp³-hybridized carbons (Fsp3) is 0.571. The van der Waals surface area contributed by atoms with Gasteiger partial charge in [0.15, 0.2) is 11.5 Å². The van der Waals surface area contributed by atoms with Crippen LogP contribution in [0.5, 0.6) is 11.5 Å². The summed E-state index contributed by atoms with van der Waals surface area (Å²) in [6.45, 7) is 5.98. The van der Waals surface area contributed by atoms with Crippen molar-refractivity contribution in [2.75, 3.05) is 6.61 Å². The van der Waals surface area contributed by atoms with Crippen LogP contribution in [0.1, 0.15) is 64.7 Å². The molecule has 0 aromatic heterocycles. The van der Waals surface area contributed by atoms with Crippen LogP contribution in [0.2, 0.25) is 0 Å². The summed E-state index contributed by atoms with van der Waals surface area (Å²) in [5, 5.41) is 9.59. The van der Waals surface area contributed by atoms with Gasteiger partial charge in [0.25, 0.3) is 0 Å². The number of carbonyl (C=O) groups is 1. The Morgan fingerprint density at radius 1 is 1.08 bits per heavy atom. The largest absolute Gasteiger partial charge is 0.504 e. The lowest BCUT2D eigenvalue weighted by molar-refractivity contribution is -0.142. The first-order valence-corrected chi connectivity index (χ1v) is 9.37. The lowest BCUT2D eigenvalue weighted by atomic mass is 10.1. The van der Waals surface area contributed by atoms with E-state index in [-0.39, 0.29) is 17.8 Å². The van der Waals surface area contributed by atoms with Crippen LogP contribution in [-0.2, 0) is 9.53 Å². The lowest BCUT2D eigenvalue weighted by Crippen LogP contribution is -2.12. The standard InChI is InChI=1S/C21H32O4/c1-3-21(23)25-18(2)14-10-8-6-4-5-7-9-13-17-24-20-16-12-11-15-19(20)22/h3,11-12,15-16,18,22H,1,4-10,13-14,17H2,2H3. The summed E-state index contributed by atoms with van der Waals surface area (Å²) in [5.41, 5.74) is 0. The van der Waals surface area contributed by atoms with E-state index in [9.17, 15) is 9.90 Å². The fourth-order valence-corrected chi connectivity index (χ4v) is 2.66. The van der Waals surface area contributed by atoms with E-state index in [2.05, 4.69) is 6.58 Å². The molecule has 0 fully saturated rings. The number of rotatable bonds is 14. The highest BCUT2D eigenvalue weighted by Gasteiger charge is 2.05. The first kappa shape index (κ1) is 21.1. The molecule has 4 heteroatoms. The van der Waals surface area contributed by atoms with Gasteiger partial charge in [0, 0.05) is 6.08 Å². The molecule has 1 unspecified atom stereocenters. The summed E-state index contributed by atoms with van der Waals surface area (Å²) in [6.07, 6.45) is 11.5. The number of unbranched alkanes of at least 4 members (excludes halogenated alkanes) is 7. The smallest absolute Gasteiger partial charge is 0.330 e. The zero-order valence-electron chi connectivity index (χ0n) is 15.4. The van der Waals surface area contributed by atoms with Gasteiger partial charge in [-0.05, 0) is 38.3 Å². The highest BCUT2D eigenvalue weighted by Crippen LogP contribution is 2.24. The van der Waals surface area contributed by atoms with Gasteiger partial charge in [-0.1, -0.05) is 57.2 Å². The maximum atomic E-state index is 11.0. The Kier molecular flexibility index (Phi) is 11.2. The van der Waals surface area contributed by atoms with Crippen LogP contribution < -0.4 is 4.74 Å².